The van der Waals surface area contributed by atoms with Crippen LogP contribution in [0.5, 0.6) is 0 Å². The van der Waals surface area contributed by atoms with Crippen LogP contribution in [0.25, 0.3) is 0 Å². The molecular formula is C15H15NS. The van der Waals surface area contributed by atoms with Gasteiger partial charge in [-0.25, -0.2) is 0 Å². The Hall–Kier alpha value is -1.41. The maximum atomic E-state index is 3.59. The lowest BCUT2D eigenvalue weighted by Crippen LogP contribution is -2.25. The molecule has 0 aromatic heterocycles. The van der Waals surface area contributed by atoms with Crippen LogP contribution in [-0.4, -0.2) is 6.04 Å². The van der Waals surface area contributed by atoms with Crippen molar-refractivity contribution in [1.82, 2.24) is 0 Å². The number of nitrogens with one attached hydrogen (secondary N) is 1. The zero-order valence-electron chi connectivity index (χ0n) is 9.76. The third kappa shape index (κ3) is 2.05. The summed E-state index contributed by atoms with van der Waals surface area (Å²) in [5.41, 5.74) is 2.66. The summed E-state index contributed by atoms with van der Waals surface area (Å²) >= 11 is 1.96. The second-order valence-corrected chi connectivity index (χ2v) is 5.56. The predicted octanol–water partition coefficient (Wildman–Crippen LogP) is 4.33. The van der Waals surface area contributed by atoms with E-state index in [1.807, 2.05) is 11.8 Å². The smallest absolute Gasteiger partial charge is 0.0543 e. The first-order valence-corrected chi connectivity index (χ1v) is 6.80. The highest BCUT2D eigenvalue weighted by Crippen LogP contribution is 2.45. The molecule has 0 amide bonds. The van der Waals surface area contributed by atoms with Gasteiger partial charge in [-0.05, 0) is 24.6 Å². The van der Waals surface area contributed by atoms with E-state index in [-0.39, 0.29) is 0 Å². The Morgan fingerprint density at radius 3 is 2.47 bits per heavy atom. The van der Waals surface area contributed by atoms with E-state index in [4.69, 9.17) is 0 Å². The van der Waals surface area contributed by atoms with Crippen molar-refractivity contribution in [3.8, 4) is 0 Å². The van der Waals surface area contributed by atoms with Crippen LogP contribution in [0.15, 0.2) is 59.5 Å². The maximum absolute atomic E-state index is 3.59. The van der Waals surface area contributed by atoms with Crippen molar-refractivity contribution in [2.75, 3.05) is 5.32 Å². The molecule has 17 heavy (non-hydrogen) atoms. The quantitative estimate of drug-likeness (QED) is 0.797. The average Bonchev–Trinajstić information content (AvgIpc) is 2.39. The van der Waals surface area contributed by atoms with Crippen molar-refractivity contribution >= 4 is 17.4 Å². The first-order valence-electron chi connectivity index (χ1n) is 5.92. The molecule has 0 aliphatic carbocycles. The zero-order chi connectivity index (χ0) is 11.7. The van der Waals surface area contributed by atoms with Crippen molar-refractivity contribution in [1.29, 1.82) is 0 Å². The molecule has 1 aliphatic heterocycles. The average molecular weight is 241 g/mol. The van der Waals surface area contributed by atoms with Gasteiger partial charge >= 0.3 is 0 Å². The van der Waals surface area contributed by atoms with Gasteiger partial charge in [-0.3, -0.25) is 0 Å². The van der Waals surface area contributed by atoms with Gasteiger partial charge in [-0.2, -0.15) is 0 Å². The highest BCUT2D eigenvalue weighted by Gasteiger charge is 2.26. The first kappa shape index (κ1) is 10.7. The molecule has 0 fully saturated rings. The van der Waals surface area contributed by atoms with Gasteiger partial charge in [-0.1, -0.05) is 42.5 Å². The van der Waals surface area contributed by atoms with Crippen molar-refractivity contribution in [2.45, 2.75) is 23.1 Å². The molecule has 0 saturated heterocycles. The Balaban J connectivity index is 1.95. The molecule has 86 valence electrons. The summed E-state index contributed by atoms with van der Waals surface area (Å²) < 4.78 is 0. The Bertz CT molecular complexity index is 509. The molecule has 2 heteroatoms. The van der Waals surface area contributed by atoms with E-state index in [1.165, 1.54) is 16.1 Å². The molecule has 2 unspecified atom stereocenters. The van der Waals surface area contributed by atoms with Gasteiger partial charge < -0.3 is 5.32 Å². The first-order chi connectivity index (χ1) is 8.34. The molecule has 0 radical (unpaired) electrons. The third-order valence-electron chi connectivity index (χ3n) is 3.11. The van der Waals surface area contributed by atoms with Crippen LogP contribution in [0.3, 0.4) is 0 Å². The van der Waals surface area contributed by atoms with Crippen LogP contribution in [0.1, 0.15) is 17.7 Å². The van der Waals surface area contributed by atoms with Crippen LogP contribution in [0.2, 0.25) is 0 Å². The van der Waals surface area contributed by atoms with Gasteiger partial charge in [-0.15, -0.1) is 11.8 Å². The number of hydrogen-bond donors (Lipinski definition) is 1. The summed E-state index contributed by atoms with van der Waals surface area (Å²) in [6.45, 7) is 2.25. The van der Waals surface area contributed by atoms with E-state index in [0.29, 0.717) is 11.3 Å². The maximum Gasteiger partial charge on any atom is 0.0543 e. The lowest BCUT2D eigenvalue weighted by Gasteiger charge is -2.32. The number of thioether (sulfide) groups is 1. The zero-order valence-corrected chi connectivity index (χ0v) is 10.6. The standard InChI is InChI=1S/C15H15NS/c1-11-15(12-7-3-2-4-8-12)17-14-10-6-5-9-13(14)16-11/h2-11,15-16H,1H3. The van der Waals surface area contributed by atoms with E-state index in [1.54, 1.807) is 0 Å². The molecular weight excluding hydrogens is 226 g/mol. The molecule has 1 N–H and O–H groups in total. The molecule has 1 nitrogen and oxygen atoms in total. The Kier molecular flexibility index (Phi) is 2.81. The minimum atomic E-state index is 0.456. The number of anilines is 1. The summed E-state index contributed by atoms with van der Waals surface area (Å²) in [5.74, 6) is 0. The van der Waals surface area contributed by atoms with Crippen LogP contribution < -0.4 is 5.32 Å². The van der Waals surface area contributed by atoms with Crippen LogP contribution in [0, 0.1) is 0 Å². The molecule has 1 heterocycles. The highest BCUT2D eigenvalue weighted by molar-refractivity contribution is 7.99. The molecule has 0 spiro atoms. The van der Waals surface area contributed by atoms with Crippen LogP contribution in [0.4, 0.5) is 5.69 Å². The third-order valence-corrected chi connectivity index (χ3v) is 4.65. The minimum Gasteiger partial charge on any atom is -0.380 e. The Morgan fingerprint density at radius 2 is 1.65 bits per heavy atom. The lowest BCUT2D eigenvalue weighted by atomic mass is 10.1. The summed E-state index contributed by atoms with van der Waals surface area (Å²) in [7, 11) is 0. The summed E-state index contributed by atoms with van der Waals surface area (Å²) in [6, 6.07) is 19.7. The van der Waals surface area contributed by atoms with Gasteiger partial charge in [0, 0.05) is 16.6 Å². The van der Waals surface area contributed by atoms with Gasteiger partial charge in [0.15, 0.2) is 0 Å². The SMILES string of the molecule is CC1Nc2ccccc2SC1c1ccccc1. The van der Waals surface area contributed by atoms with Gasteiger partial charge in [0.05, 0.1) is 5.25 Å². The van der Waals surface area contributed by atoms with Crippen molar-refractivity contribution in [2.24, 2.45) is 0 Å². The Labute approximate surface area is 106 Å². The fourth-order valence-corrected chi connectivity index (χ4v) is 3.50. The van der Waals surface area contributed by atoms with E-state index in [9.17, 15) is 0 Å². The van der Waals surface area contributed by atoms with E-state index >= 15 is 0 Å². The van der Waals surface area contributed by atoms with Crippen molar-refractivity contribution in [3.05, 3.63) is 60.2 Å². The number of fused-ring (bicyclic) bond motifs is 1. The minimum absolute atomic E-state index is 0.456. The fraction of sp³-hybridized carbons (Fsp3) is 0.200. The van der Waals surface area contributed by atoms with Gasteiger partial charge in [0.25, 0.3) is 0 Å². The molecule has 2 atom stereocenters. The second kappa shape index (κ2) is 4.46. The number of hydrogen-bond acceptors (Lipinski definition) is 2. The predicted molar refractivity (Wildman–Crippen MR) is 74.6 cm³/mol. The summed E-state index contributed by atoms with van der Waals surface area (Å²) in [5, 5.41) is 4.08. The molecule has 1 aliphatic rings. The second-order valence-electron chi connectivity index (χ2n) is 4.38. The number of para-hydroxylation sites is 1. The Morgan fingerprint density at radius 1 is 0.941 bits per heavy atom. The van der Waals surface area contributed by atoms with E-state index in [0.717, 1.165) is 0 Å². The molecule has 2 aromatic carbocycles. The van der Waals surface area contributed by atoms with Gasteiger partial charge in [0.1, 0.15) is 0 Å². The normalized spacial score (nSPS) is 22.6. The molecule has 3 rings (SSSR count). The number of rotatable bonds is 1. The topological polar surface area (TPSA) is 12.0 Å². The van der Waals surface area contributed by atoms with Crippen LogP contribution in [-0.2, 0) is 0 Å². The monoisotopic (exact) mass is 241 g/mol. The van der Waals surface area contributed by atoms with Crippen molar-refractivity contribution in [3.63, 3.8) is 0 Å². The van der Waals surface area contributed by atoms with Crippen molar-refractivity contribution < 1.29 is 0 Å². The lowest BCUT2D eigenvalue weighted by molar-refractivity contribution is 0.758. The fourth-order valence-electron chi connectivity index (χ4n) is 2.25. The van der Waals surface area contributed by atoms with Crippen LogP contribution >= 0.6 is 11.8 Å². The van der Waals surface area contributed by atoms with E-state index in [2.05, 4.69) is 66.8 Å². The molecule has 2 aromatic rings. The highest BCUT2D eigenvalue weighted by atomic mass is 32.2. The van der Waals surface area contributed by atoms with E-state index < -0.39 is 0 Å². The molecule has 0 bridgehead atoms. The molecule has 0 saturated carbocycles. The summed E-state index contributed by atoms with van der Waals surface area (Å²) in [4.78, 5) is 1.35. The largest absolute Gasteiger partial charge is 0.380 e. The van der Waals surface area contributed by atoms with Gasteiger partial charge in [0.2, 0.25) is 0 Å². The summed E-state index contributed by atoms with van der Waals surface area (Å²) in [6.07, 6.45) is 0. The number of benzene rings is 2.